The summed E-state index contributed by atoms with van der Waals surface area (Å²) in [5.41, 5.74) is 0. The van der Waals surface area contributed by atoms with Crippen LogP contribution in [0.1, 0.15) is 25.7 Å². The zero-order valence-corrected chi connectivity index (χ0v) is 10.2. The second kappa shape index (κ2) is 5.86. The third-order valence-corrected chi connectivity index (χ3v) is 3.41. The molecule has 0 amide bonds. The van der Waals surface area contributed by atoms with Gasteiger partial charge in [0, 0.05) is 19.7 Å². The van der Waals surface area contributed by atoms with Gasteiger partial charge in [-0.15, -0.1) is 0 Å². The molecule has 1 heterocycles. The van der Waals surface area contributed by atoms with Crippen LogP contribution in [0, 0.1) is 5.92 Å². The molecule has 0 bridgehead atoms. The molecule has 3 heteroatoms. The van der Waals surface area contributed by atoms with Crippen molar-refractivity contribution in [2.24, 2.45) is 5.92 Å². The van der Waals surface area contributed by atoms with E-state index in [9.17, 15) is 0 Å². The minimum absolute atomic E-state index is 0.346. The third-order valence-electron chi connectivity index (χ3n) is 2.73. The molecule has 1 fully saturated rings. The molecule has 2 nitrogen and oxygen atoms in total. The summed E-state index contributed by atoms with van der Waals surface area (Å²) >= 11 is 2.29. The molecule has 0 unspecified atom stereocenters. The van der Waals surface area contributed by atoms with Gasteiger partial charge in [0.25, 0.3) is 0 Å². The van der Waals surface area contributed by atoms with Gasteiger partial charge < -0.3 is 10.0 Å². The van der Waals surface area contributed by atoms with Crippen LogP contribution >= 0.6 is 22.6 Å². The van der Waals surface area contributed by atoms with Crippen molar-refractivity contribution in [3.05, 3.63) is 10.3 Å². The van der Waals surface area contributed by atoms with E-state index < -0.39 is 0 Å². The van der Waals surface area contributed by atoms with E-state index in [-0.39, 0.29) is 0 Å². The molecule has 1 saturated heterocycles. The molecule has 0 saturated carbocycles. The van der Waals surface area contributed by atoms with Crippen molar-refractivity contribution in [3.8, 4) is 0 Å². The van der Waals surface area contributed by atoms with Crippen LogP contribution in [0.4, 0.5) is 0 Å². The molecule has 0 aromatic rings. The minimum atomic E-state index is 0.346. The normalized spacial score (nSPS) is 19.1. The average Bonchev–Trinajstić information content (AvgIpc) is 2.15. The van der Waals surface area contributed by atoms with Crippen molar-refractivity contribution in [3.63, 3.8) is 0 Å². The van der Waals surface area contributed by atoms with Gasteiger partial charge in [-0.3, -0.25) is 0 Å². The molecule has 13 heavy (non-hydrogen) atoms. The molecule has 0 aromatic carbocycles. The van der Waals surface area contributed by atoms with Gasteiger partial charge >= 0.3 is 0 Å². The molecular formula is C10H18INO. The van der Waals surface area contributed by atoms with Crippen LogP contribution < -0.4 is 0 Å². The third kappa shape index (κ3) is 3.85. The smallest absolute Gasteiger partial charge is 0.0684 e. The van der Waals surface area contributed by atoms with Gasteiger partial charge in [-0.2, -0.15) is 0 Å². The average molecular weight is 295 g/mol. The van der Waals surface area contributed by atoms with E-state index in [0.29, 0.717) is 6.61 Å². The summed E-state index contributed by atoms with van der Waals surface area (Å²) in [6, 6.07) is 0. The topological polar surface area (TPSA) is 23.5 Å². The number of hydrogen-bond donors (Lipinski definition) is 1. The number of rotatable bonds is 4. The summed E-state index contributed by atoms with van der Waals surface area (Å²) in [7, 11) is 0. The fraction of sp³-hybridized carbons (Fsp3) is 0.800. The van der Waals surface area contributed by atoms with Crippen molar-refractivity contribution in [1.29, 1.82) is 0 Å². The van der Waals surface area contributed by atoms with Gasteiger partial charge in [-0.25, -0.2) is 0 Å². The zero-order chi connectivity index (χ0) is 9.68. The van der Waals surface area contributed by atoms with Crippen LogP contribution in [0.2, 0.25) is 0 Å². The lowest BCUT2D eigenvalue weighted by molar-refractivity contribution is 0.211. The van der Waals surface area contributed by atoms with Gasteiger partial charge in [-0.05, 0) is 54.2 Å². The summed E-state index contributed by atoms with van der Waals surface area (Å²) in [5.74, 6) is 0.833. The largest absolute Gasteiger partial charge is 0.396 e. The van der Waals surface area contributed by atoms with Gasteiger partial charge in [0.05, 0.1) is 3.70 Å². The van der Waals surface area contributed by atoms with Crippen LogP contribution in [-0.2, 0) is 0 Å². The second-order valence-electron chi connectivity index (χ2n) is 3.67. The highest BCUT2D eigenvalue weighted by atomic mass is 127. The van der Waals surface area contributed by atoms with E-state index in [2.05, 4.69) is 34.1 Å². The zero-order valence-electron chi connectivity index (χ0n) is 8.01. The van der Waals surface area contributed by atoms with E-state index >= 15 is 0 Å². The van der Waals surface area contributed by atoms with E-state index in [0.717, 1.165) is 25.4 Å². The van der Waals surface area contributed by atoms with Crippen LogP contribution in [0.25, 0.3) is 0 Å². The van der Waals surface area contributed by atoms with Gasteiger partial charge in [0.15, 0.2) is 0 Å². The second-order valence-corrected chi connectivity index (χ2v) is 4.92. The van der Waals surface area contributed by atoms with E-state index in [1.807, 2.05) is 0 Å². The monoisotopic (exact) mass is 295 g/mol. The SMILES string of the molecule is C=C(I)N1CCC(CCCO)CC1. The molecule has 0 radical (unpaired) electrons. The van der Waals surface area contributed by atoms with Crippen molar-refractivity contribution < 1.29 is 5.11 Å². The summed E-state index contributed by atoms with van der Waals surface area (Å²) in [6.45, 7) is 6.59. The van der Waals surface area contributed by atoms with Gasteiger partial charge in [-0.1, -0.05) is 6.58 Å². The fourth-order valence-electron chi connectivity index (χ4n) is 1.84. The first-order valence-electron chi connectivity index (χ1n) is 4.94. The molecule has 0 aromatic heterocycles. The van der Waals surface area contributed by atoms with E-state index in [4.69, 9.17) is 5.11 Å². The number of piperidine rings is 1. The summed E-state index contributed by atoms with van der Waals surface area (Å²) in [6.07, 6.45) is 4.69. The molecule has 76 valence electrons. The Morgan fingerprint density at radius 3 is 2.54 bits per heavy atom. The fourth-order valence-corrected chi connectivity index (χ4v) is 2.33. The maximum absolute atomic E-state index is 8.71. The molecular weight excluding hydrogens is 277 g/mol. The predicted molar refractivity (Wildman–Crippen MR) is 63.8 cm³/mol. The highest BCUT2D eigenvalue weighted by molar-refractivity contribution is 14.1. The Kier molecular flexibility index (Phi) is 5.09. The molecule has 0 spiro atoms. The lowest BCUT2D eigenvalue weighted by atomic mass is 9.92. The van der Waals surface area contributed by atoms with Crippen LogP contribution in [-0.4, -0.2) is 29.7 Å². The number of aliphatic hydroxyl groups is 1. The Bertz CT molecular complexity index is 164. The Labute approximate surface area is 94.1 Å². The summed E-state index contributed by atoms with van der Waals surface area (Å²) in [4.78, 5) is 2.34. The van der Waals surface area contributed by atoms with E-state index in [1.54, 1.807) is 0 Å². The Hall–Kier alpha value is 0.230. The van der Waals surface area contributed by atoms with E-state index in [1.165, 1.54) is 23.0 Å². The van der Waals surface area contributed by atoms with Crippen molar-refractivity contribution in [2.75, 3.05) is 19.7 Å². The van der Waals surface area contributed by atoms with Gasteiger partial charge in [0.2, 0.25) is 0 Å². The maximum Gasteiger partial charge on any atom is 0.0684 e. The number of halogens is 1. The highest BCUT2D eigenvalue weighted by Crippen LogP contribution is 2.25. The first kappa shape index (κ1) is 11.3. The van der Waals surface area contributed by atoms with Crippen molar-refractivity contribution in [2.45, 2.75) is 25.7 Å². The molecule has 1 N–H and O–H groups in total. The molecule has 1 rings (SSSR count). The standard InChI is InChI=1S/C10H18INO/c1-9(11)12-6-4-10(5-7-12)3-2-8-13/h10,13H,1-8H2. The number of aliphatic hydroxyl groups excluding tert-OH is 1. The molecule has 0 aliphatic carbocycles. The first-order chi connectivity index (χ1) is 6.24. The molecule has 1 aliphatic rings. The van der Waals surface area contributed by atoms with Crippen molar-refractivity contribution in [1.82, 2.24) is 4.90 Å². The quantitative estimate of drug-likeness (QED) is 0.636. The summed E-state index contributed by atoms with van der Waals surface area (Å²) < 4.78 is 1.17. The highest BCUT2D eigenvalue weighted by Gasteiger charge is 2.18. The molecule has 1 aliphatic heterocycles. The predicted octanol–water partition coefficient (Wildman–Crippen LogP) is 2.38. The lowest BCUT2D eigenvalue weighted by Crippen LogP contribution is -2.31. The van der Waals surface area contributed by atoms with Gasteiger partial charge in [0.1, 0.15) is 0 Å². The maximum atomic E-state index is 8.71. The Morgan fingerprint density at radius 1 is 1.46 bits per heavy atom. The first-order valence-corrected chi connectivity index (χ1v) is 6.02. The Balaban J connectivity index is 2.18. The molecule has 0 atom stereocenters. The van der Waals surface area contributed by atoms with Crippen LogP contribution in [0.5, 0.6) is 0 Å². The number of likely N-dealkylation sites (tertiary alicyclic amines) is 1. The Morgan fingerprint density at radius 2 is 2.08 bits per heavy atom. The number of nitrogens with zero attached hydrogens (tertiary/aromatic N) is 1. The lowest BCUT2D eigenvalue weighted by Gasteiger charge is -2.32. The summed E-state index contributed by atoms with van der Waals surface area (Å²) in [5, 5.41) is 8.71. The number of hydrogen-bond acceptors (Lipinski definition) is 2. The van der Waals surface area contributed by atoms with Crippen LogP contribution in [0.15, 0.2) is 10.3 Å². The minimum Gasteiger partial charge on any atom is -0.396 e. The van der Waals surface area contributed by atoms with Crippen molar-refractivity contribution >= 4 is 22.6 Å². The van der Waals surface area contributed by atoms with Crippen LogP contribution in [0.3, 0.4) is 0 Å².